The lowest BCUT2D eigenvalue weighted by molar-refractivity contribution is 0.144. The first-order valence-corrected chi connectivity index (χ1v) is 10.5. The van der Waals surface area contributed by atoms with Gasteiger partial charge in [0.25, 0.3) is 0 Å². The minimum absolute atomic E-state index is 0.343. The molecule has 29 heavy (non-hydrogen) atoms. The first kappa shape index (κ1) is 22.6. The van der Waals surface area contributed by atoms with Crippen LogP contribution in [0.15, 0.2) is 88.7 Å². The minimum atomic E-state index is -1.29. The zero-order chi connectivity index (χ0) is 21.2. The van der Waals surface area contributed by atoms with Crippen molar-refractivity contribution in [2.24, 2.45) is 0 Å². The van der Waals surface area contributed by atoms with E-state index in [9.17, 15) is 4.79 Å². The quantitative estimate of drug-likeness (QED) is 0.345. The Morgan fingerprint density at radius 1 is 0.724 bits per heavy atom. The van der Waals surface area contributed by atoms with Gasteiger partial charge in [0, 0.05) is 9.79 Å². The highest BCUT2D eigenvalue weighted by Crippen LogP contribution is 2.29. The smallest absolute Gasteiger partial charge is 0.449 e. The first-order valence-electron chi connectivity index (χ1n) is 9.68. The molecule has 0 aromatic heterocycles. The van der Waals surface area contributed by atoms with Gasteiger partial charge < -0.3 is 9.84 Å². The van der Waals surface area contributed by atoms with Crippen molar-refractivity contribution in [1.82, 2.24) is 0 Å². The summed E-state index contributed by atoms with van der Waals surface area (Å²) in [6, 6.07) is 26.2. The van der Waals surface area contributed by atoms with Crippen LogP contribution in [-0.4, -0.2) is 11.3 Å². The van der Waals surface area contributed by atoms with E-state index in [-0.39, 0.29) is 0 Å². The van der Waals surface area contributed by atoms with Crippen LogP contribution in [0.3, 0.4) is 0 Å². The predicted octanol–water partition coefficient (Wildman–Crippen LogP) is 7.83. The normalized spacial score (nSPS) is 10.4. The minimum Gasteiger partial charge on any atom is -0.449 e. The van der Waals surface area contributed by atoms with Crippen LogP contribution in [0.1, 0.15) is 50.7 Å². The van der Waals surface area contributed by atoms with Crippen molar-refractivity contribution in [2.75, 3.05) is 0 Å². The highest BCUT2D eigenvalue weighted by atomic mass is 32.2. The van der Waals surface area contributed by atoms with Gasteiger partial charge in [-0.05, 0) is 59.4 Å². The molecule has 0 bridgehead atoms. The van der Waals surface area contributed by atoms with Crippen LogP contribution in [0.5, 0.6) is 5.75 Å². The summed E-state index contributed by atoms with van der Waals surface area (Å²) in [6.45, 7) is 8.92. The van der Waals surface area contributed by atoms with Crippen LogP contribution in [0, 0.1) is 0 Å². The summed E-state index contributed by atoms with van der Waals surface area (Å²) < 4.78 is 4.33. The van der Waals surface area contributed by atoms with Crippen LogP contribution in [-0.2, 0) is 0 Å². The van der Waals surface area contributed by atoms with Gasteiger partial charge in [0.15, 0.2) is 0 Å². The van der Waals surface area contributed by atoms with Crippen LogP contribution in [0.2, 0.25) is 0 Å². The van der Waals surface area contributed by atoms with Gasteiger partial charge in [-0.2, -0.15) is 0 Å². The van der Waals surface area contributed by atoms with E-state index in [1.54, 1.807) is 30.3 Å². The average molecular weight is 409 g/mol. The summed E-state index contributed by atoms with van der Waals surface area (Å²) in [4.78, 5) is 12.6. The molecule has 3 aromatic rings. The van der Waals surface area contributed by atoms with Gasteiger partial charge in [0.2, 0.25) is 0 Å². The molecule has 0 spiro atoms. The van der Waals surface area contributed by atoms with Gasteiger partial charge in [0.1, 0.15) is 5.75 Å². The molecule has 4 heteroatoms. The van der Waals surface area contributed by atoms with E-state index >= 15 is 0 Å². The molecule has 3 rings (SSSR count). The molecule has 3 nitrogen and oxygen atoms in total. The van der Waals surface area contributed by atoms with Crippen molar-refractivity contribution in [3.63, 3.8) is 0 Å². The maximum atomic E-state index is 9.95. The Hall–Kier alpha value is -2.72. The lowest BCUT2D eigenvalue weighted by atomic mass is 10.0. The fraction of sp³-hybridized carbons (Fsp3) is 0.240. The molecular formula is C25H28O3S. The number of hydrogen-bond acceptors (Lipinski definition) is 3. The average Bonchev–Trinajstić information content (AvgIpc) is 2.69. The molecular weight excluding hydrogens is 380 g/mol. The Morgan fingerprint density at radius 2 is 1.14 bits per heavy atom. The van der Waals surface area contributed by atoms with Crippen LogP contribution in [0.25, 0.3) is 0 Å². The zero-order valence-corrected chi connectivity index (χ0v) is 18.1. The van der Waals surface area contributed by atoms with Crippen molar-refractivity contribution in [1.29, 1.82) is 0 Å². The van der Waals surface area contributed by atoms with Crippen molar-refractivity contribution < 1.29 is 14.6 Å². The Balaban J connectivity index is 0.000000253. The van der Waals surface area contributed by atoms with Gasteiger partial charge in [-0.25, -0.2) is 4.79 Å². The first-order chi connectivity index (χ1) is 13.8. The number of carboxylic acid groups (broad SMARTS) is 1. The molecule has 0 atom stereocenters. The standard InChI is InChI=1S/C18H22S.C7H6O3/c1-13(2)15-5-9-17(10-6-15)19-18-11-7-16(8-12-18)14(3)4;8-7(9)10-6-4-2-1-3-5-6/h5-14H,1-4H3;1-5H,(H,8,9). The molecule has 0 fully saturated rings. The fourth-order valence-corrected chi connectivity index (χ4v) is 3.38. The molecule has 3 aromatic carbocycles. The Kier molecular flexibility index (Phi) is 8.81. The highest BCUT2D eigenvalue weighted by Gasteiger charge is 2.02. The molecule has 0 aliphatic carbocycles. The van der Waals surface area contributed by atoms with Gasteiger partial charge in [-0.15, -0.1) is 0 Å². The molecule has 0 aliphatic heterocycles. The third-order valence-corrected chi connectivity index (χ3v) is 5.29. The van der Waals surface area contributed by atoms with Crippen LogP contribution >= 0.6 is 11.8 Å². The number of rotatable bonds is 5. The molecule has 0 radical (unpaired) electrons. The summed E-state index contributed by atoms with van der Waals surface area (Å²) in [5.74, 6) is 1.55. The van der Waals surface area contributed by atoms with Crippen LogP contribution < -0.4 is 4.74 Å². The predicted molar refractivity (Wildman–Crippen MR) is 120 cm³/mol. The number of ether oxygens (including phenoxy) is 1. The third kappa shape index (κ3) is 8.04. The summed E-state index contributed by atoms with van der Waals surface area (Å²) in [5.41, 5.74) is 2.80. The van der Waals surface area contributed by atoms with E-state index in [1.807, 2.05) is 11.8 Å². The van der Waals surface area contributed by atoms with Crippen molar-refractivity contribution in [2.45, 2.75) is 49.3 Å². The number of para-hydroxylation sites is 1. The van der Waals surface area contributed by atoms with Crippen molar-refractivity contribution in [3.05, 3.63) is 90.0 Å². The zero-order valence-electron chi connectivity index (χ0n) is 17.3. The van der Waals surface area contributed by atoms with E-state index in [2.05, 4.69) is 81.0 Å². The molecule has 152 valence electrons. The largest absolute Gasteiger partial charge is 0.511 e. The molecule has 0 amide bonds. The number of hydrogen-bond donors (Lipinski definition) is 1. The molecule has 0 saturated heterocycles. The SMILES string of the molecule is CC(C)c1ccc(Sc2ccc(C(C)C)cc2)cc1.O=C(O)Oc1ccccc1. The maximum Gasteiger partial charge on any atom is 0.511 e. The van der Waals surface area contributed by atoms with E-state index in [1.165, 1.54) is 20.9 Å². The van der Waals surface area contributed by atoms with Gasteiger partial charge in [-0.3, -0.25) is 0 Å². The Labute approximate surface area is 177 Å². The van der Waals surface area contributed by atoms with Gasteiger partial charge >= 0.3 is 6.16 Å². The third-order valence-electron chi connectivity index (χ3n) is 4.28. The fourth-order valence-electron chi connectivity index (χ4n) is 2.57. The van der Waals surface area contributed by atoms with Gasteiger partial charge in [-0.1, -0.05) is 81.9 Å². The van der Waals surface area contributed by atoms with Crippen LogP contribution in [0.4, 0.5) is 4.79 Å². The van der Waals surface area contributed by atoms with Crippen molar-refractivity contribution >= 4 is 17.9 Å². The van der Waals surface area contributed by atoms with E-state index in [0.717, 1.165) is 0 Å². The summed E-state index contributed by atoms with van der Waals surface area (Å²) in [5, 5.41) is 8.14. The lowest BCUT2D eigenvalue weighted by Crippen LogP contribution is -2.02. The second kappa shape index (κ2) is 11.3. The van der Waals surface area contributed by atoms with Crippen molar-refractivity contribution in [3.8, 4) is 5.75 Å². The summed E-state index contributed by atoms with van der Waals surface area (Å²) in [7, 11) is 0. The monoisotopic (exact) mass is 408 g/mol. The van der Waals surface area contributed by atoms with E-state index in [4.69, 9.17) is 5.11 Å². The number of carbonyl (C=O) groups is 1. The number of benzene rings is 3. The topological polar surface area (TPSA) is 46.5 Å². The van der Waals surface area contributed by atoms with E-state index < -0.39 is 6.16 Å². The maximum absolute atomic E-state index is 9.95. The second-order valence-electron chi connectivity index (χ2n) is 7.23. The Morgan fingerprint density at radius 3 is 1.48 bits per heavy atom. The van der Waals surface area contributed by atoms with Gasteiger partial charge in [0.05, 0.1) is 0 Å². The summed E-state index contributed by atoms with van der Waals surface area (Å²) >= 11 is 1.83. The second-order valence-corrected chi connectivity index (χ2v) is 8.38. The molecule has 0 unspecified atom stereocenters. The lowest BCUT2D eigenvalue weighted by Gasteiger charge is -2.08. The molecule has 1 N–H and O–H groups in total. The molecule has 0 heterocycles. The summed E-state index contributed by atoms with van der Waals surface area (Å²) in [6.07, 6.45) is -1.29. The Bertz CT molecular complexity index is 821. The van der Waals surface area contributed by atoms with E-state index in [0.29, 0.717) is 17.6 Å². The molecule has 0 saturated carbocycles. The molecule has 0 aliphatic rings. The highest BCUT2D eigenvalue weighted by molar-refractivity contribution is 7.99.